The van der Waals surface area contributed by atoms with Gasteiger partial charge in [-0.1, -0.05) is 11.3 Å². The molecule has 0 amide bonds. The Labute approximate surface area is 100 Å². The van der Waals surface area contributed by atoms with E-state index in [0.29, 0.717) is 17.0 Å². The van der Waals surface area contributed by atoms with E-state index in [9.17, 15) is 13.2 Å². The lowest BCUT2D eigenvalue weighted by Gasteiger charge is -2.15. The highest BCUT2D eigenvalue weighted by atomic mass is 32.1. The van der Waals surface area contributed by atoms with Gasteiger partial charge in [0, 0.05) is 24.9 Å². The van der Waals surface area contributed by atoms with Gasteiger partial charge < -0.3 is 9.64 Å². The van der Waals surface area contributed by atoms with Gasteiger partial charge in [0.25, 0.3) is 0 Å². The molecule has 0 spiro atoms. The van der Waals surface area contributed by atoms with E-state index >= 15 is 0 Å². The van der Waals surface area contributed by atoms with E-state index in [-0.39, 0.29) is 0 Å². The highest BCUT2D eigenvalue weighted by Crippen LogP contribution is 2.39. The van der Waals surface area contributed by atoms with Crippen LogP contribution in [0.25, 0.3) is 0 Å². The van der Waals surface area contributed by atoms with E-state index in [1.165, 1.54) is 0 Å². The molecule has 7 heteroatoms. The van der Waals surface area contributed by atoms with Crippen LogP contribution in [0.4, 0.5) is 18.3 Å². The third-order valence-electron chi connectivity index (χ3n) is 3.28. The Bertz CT molecular complexity index is 408. The number of rotatable bonds is 1. The minimum absolute atomic E-state index is 0.452. The summed E-state index contributed by atoms with van der Waals surface area (Å²) in [6.07, 6.45) is -3.36. The van der Waals surface area contributed by atoms with Crippen LogP contribution in [0.15, 0.2) is 6.20 Å². The van der Waals surface area contributed by atoms with Crippen molar-refractivity contribution in [3.8, 4) is 0 Å². The molecule has 0 aromatic carbocycles. The van der Waals surface area contributed by atoms with Crippen molar-refractivity contribution in [1.29, 1.82) is 0 Å². The maximum atomic E-state index is 12.5. The van der Waals surface area contributed by atoms with E-state index in [0.717, 1.165) is 43.8 Å². The number of alkyl halides is 3. The predicted molar refractivity (Wildman–Crippen MR) is 57.1 cm³/mol. The molecule has 3 heterocycles. The molecule has 1 aromatic heterocycles. The van der Waals surface area contributed by atoms with Crippen LogP contribution in [-0.2, 0) is 10.9 Å². The van der Waals surface area contributed by atoms with E-state index < -0.39 is 11.1 Å². The topological polar surface area (TPSA) is 25.4 Å². The zero-order valence-electron chi connectivity index (χ0n) is 8.91. The van der Waals surface area contributed by atoms with Gasteiger partial charge in [-0.15, -0.1) is 0 Å². The van der Waals surface area contributed by atoms with Crippen LogP contribution in [-0.4, -0.2) is 31.3 Å². The Morgan fingerprint density at radius 3 is 2.47 bits per heavy atom. The van der Waals surface area contributed by atoms with Crippen LogP contribution in [0.3, 0.4) is 0 Å². The lowest BCUT2D eigenvalue weighted by Crippen LogP contribution is -2.21. The number of ether oxygens (including phenoxy) is 1. The molecular weight excluding hydrogens is 253 g/mol. The van der Waals surface area contributed by atoms with Gasteiger partial charge in [0.05, 0.1) is 19.4 Å². The van der Waals surface area contributed by atoms with Gasteiger partial charge in [-0.2, -0.15) is 13.2 Å². The highest BCUT2D eigenvalue weighted by Gasteiger charge is 2.39. The number of nitrogens with zero attached hydrogens (tertiary/aromatic N) is 2. The first-order valence-electron chi connectivity index (χ1n) is 5.40. The van der Waals surface area contributed by atoms with Crippen molar-refractivity contribution in [2.75, 3.05) is 31.2 Å². The van der Waals surface area contributed by atoms with Crippen molar-refractivity contribution in [2.24, 2.45) is 11.8 Å². The molecule has 0 unspecified atom stereocenters. The van der Waals surface area contributed by atoms with Gasteiger partial charge in [-0.25, -0.2) is 4.98 Å². The Hall–Kier alpha value is -0.820. The van der Waals surface area contributed by atoms with Gasteiger partial charge in [0.2, 0.25) is 0 Å². The van der Waals surface area contributed by atoms with E-state index in [1.54, 1.807) is 0 Å². The zero-order chi connectivity index (χ0) is 12.0. The number of hydrogen-bond donors (Lipinski definition) is 0. The fourth-order valence-electron chi connectivity index (χ4n) is 2.39. The predicted octanol–water partition coefficient (Wildman–Crippen LogP) is 2.24. The Morgan fingerprint density at radius 2 is 1.94 bits per heavy atom. The van der Waals surface area contributed by atoms with Gasteiger partial charge >= 0.3 is 6.18 Å². The summed E-state index contributed by atoms with van der Waals surface area (Å²) in [6, 6.07) is 0. The van der Waals surface area contributed by atoms with Crippen molar-refractivity contribution < 1.29 is 17.9 Å². The first kappa shape index (κ1) is 11.3. The van der Waals surface area contributed by atoms with Crippen molar-refractivity contribution in [3.63, 3.8) is 0 Å². The number of halogens is 3. The zero-order valence-corrected chi connectivity index (χ0v) is 9.72. The third-order valence-corrected chi connectivity index (χ3v) is 4.39. The summed E-state index contributed by atoms with van der Waals surface area (Å²) < 4.78 is 42.7. The van der Waals surface area contributed by atoms with Crippen LogP contribution in [0.2, 0.25) is 0 Å². The standard InChI is InChI=1S/C10H11F3N2OS/c11-10(12,13)8-1-14-9(17-8)15-2-6-4-16-5-7(6)3-15/h1,6-7H,2-5H2/t6-,7+. The third kappa shape index (κ3) is 2.01. The highest BCUT2D eigenvalue weighted by molar-refractivity contribution is 7.15. The Balaban J connectivity index is 1.75. The second-order valence-corrected chi connectivity index (χ2v) is 5.48. The maximum absolute atomic E-state index is 12.5. The van der Waals surface area contributed by atoms with Gasteiger partial charge in [0.15, 0.2) is 5.13 Å². The van der Waals surface area contributed by atoms with Crippen LogP contribution in [0.5, 0.6) is 0 Å². The maximum Gasteiger partial charge on any atom is 0.427 e. The number of thiazole rings is 1. The molecule has 17 heavy (non-hydrogen) atoms. The second-order valence-electron chi connectivity index (χ2n) is 4.47. The largest absolute Gasteiger partial charge is 0.427 e. The molecule has 2 saturated heterocycles. The molecule has 0 aliphatic carbocycles. The van der Waals surface area contributed by atoms with Crippen LogP contribution < -0.4 is 4.90 Å². The summed E-state index contributed by atoms with van der Waals surface area (Å²) in [5.74, 6) is 0.904. The molecule has 0 bridgehead atoms. The van der Waals surface area contributed by atoms with Crippen molar-refractivity contribution in [1.82, 2.24) is 4.98 Å². The molecule has 3 nitrogen and oxygen atoms in total. The lowest BCUT2D eigenvalue weighted by molar-refractivity contribution is -0.134. The lowest BCUT2D eigenvalue weighted by atomic mass is 10.0. The number of hydrogen-bond acceptors (Lipinski definition) is 4. The Kier molecular flexibility index (Phi) is 2.55. The smallest absolute Gasteiger partial charge is 0.381 e. The average Bonchev–Trinajstić information content (AvgIpc) is 2.90. The van der Waals surface area contributed by atoms with Crippen molar-refractivity contribution >= 4 is 16.5 Å². The van der Waals surface area contributed by atoms with Crippen molar-refractivity contribution in [3.05, 3.63) is 11.1 Å². The summed E-state index contributed by atoms with van der Waals surface area (Å²) in [5, 5.41) is 0.478. The summed E-state index contributed by atoms with van der Waals surface area (Å²) >= 11 is 0.725. The molecule has 2 atom stereocenters. The molecule has 1 aromatic rings. The molecule has 2 aliphatic heterocycles. The molecule has 0 N–H and O–H groups in total. The number of aromatic nitrogens is 1. The van der Waals surface area contributed by atoms with E-state index in [4.69, 9.17) is 4.74 Å². The molecule has 0 radical (unpaired) electrons. The molecule has 94 valence electrons. The Morgan fingerprint density at radius 1 is 1.29 bits per heavy atom. The first-order chi connectivity index (χ1) is 8.04. The fourth-order valence-corrected chi connectivity index (χ4v) is 3.19. The molecular formula is C10H11F3N2OS. The van der Waals surface area contributed by atoms with E-state index in [1.807, 2.05) is 4.90 Å². The van der Waals surface area contributed by atoms with Gasteiger partial charge in [-0.3, -0.25) is 0 Å². The van der Waals surface area contributed by atoms with Crippen molar-refractivity contribution in [2.45, 2.75) is 6.18 Å². The van der Waals surface area contributed by atoms with Gasteiger partial charge in [0.1, 0.15) is 4.88 Å². The SMILES string of the molecule is FC(F)(F)c1cnc(N2C[C@H]3COC[C@H]3C2)s1. The van der Waals surface area contributed by atoms with Crippen LogP contribution >= 0.6 is 11.3 Å². The molecule has 2 fully saturated rings. The summed E-state index contributed by atoms with van der Waals surface area (Å²) in [4.78, 5) is 5.19. The minimum Gasteiger partial charge on any atom is -0.381 e. The van der Waals surface area contributed by atoms with E-state index in [2.05, 4.69) is 4.98 Å². The van der Waals surface area contributed by atoms with Gasteiger partial charge in [-0.05, 0) is 0 Å². The summed E-state index contributed by atoms with van der Waals surface area (Å²) in [5.41, 5.74) is 0. The molecule has 3 rings (SSSR count). The second kappa shape index (κ2) is 3.84. The van der Waals surface area contributed by atoms with Crippen LogP contribution in [0.1, 0.15) is 4.88 Å². The summed E-state index contributed by atoms with van der Waals surface area (Å²) in [6.45, 7) is 2.96. The number of anilines is 1. The monoisotopic (exact) mass is 264 g/mol. The first-order valence-corrected chi connectivity index (χ1v) is 6.21. The van der Waals surface area contributed by atoms with Crippen LogP contribution in [0, 0.1) is 11.8 Å². The molecule has 2 aliphatic rings. The summed E-state index contributed by atoms with van der Waals surface area (Å²) in [7, 11) is 0. The fraction of sp³-hybridized carbons (Fsp3) is 0.700. The minimum atomic E-state index is -4.28. The molecule has 0 saturated carbocycles. The average molecular weight is 264 g/mol. The normalized spacial score (nSPS) is 28.8. The number of fused-ring (bicyclic) bond motifs is 1. The quantitative estimate of drug-likeness (QED) is 0.778.